The fraction of sp³-hybridized carbons (Fsp3) is 0.0833. The van der Waals surface area contributed by atoms with E-state index in [2.05, 4.69) is 21.9 Å². The molecule has 0 saturated carbocycles. The summed E-state index contributed by atoms with van der Waals surface area (Å²) in [5.41, 5.74) is 1.42. The van der Waals surface area contributed by atoms with E-state index in [1.165, 1.54) is 30.3 Å². The molecule has 8 nitrogen and oxygen atoms in total. The molecule has 0 unspecified atom stereocenters. The van der Waals surface area contributed by atoms with Crippen LogP contribution in [-0.2, 0) is 14.8 Å². The van der Waals surface area contributed by atoms with Crippen molar-refractivity contribution in [2.24, 2.45) is 0 Å². The Kier molecular flexibility index (Phi) is 7.96. The summed E-state index contributed by atoms with van der Waals surface area (Å²) in [5.74, 6) is -0.323. The molecule has 3 rings (SSSR count). The van der Waals surface area contributed by atoms with Crippen LogP contribution < -0.4 is 20.1 Å². The number of carbonyl (C=O) groups excluding carboxylic acids is 2. The normalized spacial score (nSPS) is 10.8. The van der Waals surface area contributed by atoms with Gasteiger partial charge in [-0.25, -0.2) is 13.1 Å². The van der Waals surface area contributed by atoms with Gasteiger partial charge in [0.2, 0.25) is 10.0 Å². The highest BCUT2D eigenvalue weighted by atomic mass is 32.2. The minimum Gasteiger partial charge on any atom is -0.484 e. The van der Waals surface area contributed by atoms with Gasteiger partial charge in [-0.1, -0.05) is 30.3 Å². The lowest BCUT2D eigenvalue weighted by atomic mass is 10.2. The van der Waals surface area contributed by atoms with Crippen molar-refractivity contribution in [3.8, 4) is 5.75 Å². The highest BCUT2D eigenvalue weighted by Gasteiger charge is 2.14. The number of para-hydroxylation sites is 1. The molecule has 0 heterocycles. The van der Waals surface area contributed by atoms with E-state index in [1.54, 1.807) is 36.4 Å². The van der Waals surface area contributed by atoms with Crippen molar-refractivity contribution in [2.45, 2.75) is 4.90 Å². The number of ether oxygens (including phenoxy) is 1. The number of amides is 2. The Morgan fingerprint density at radius 2 is 1.58 bits per heavy atom. The summed E-state index contributed by atoms with van der Waals surface area (Å²) >= 11 is 0. The Morgan fingerprint density at radius 3 is 2.27 bits per heavy atom. The van der Waals surface area contributed by atoms with E-state index in [1.807, 2.05) is 18.2 Å². The van der Waals surface area contributed by atoms with Gasteiger partial charge >= 0.3 is 0 Å². The van der Waals surface area contributed by atoms with Crippen molar-refractivity contribution in [2.75, 3.05) is 23.8 Å². The van der Waals surface area contributed by atoms with E-state index in [4.69, 9.17) is 4.74 Å². The topological polar surface area (TPSA) is 114 Å². The van der Waals surface area contributed by atoms with Gasteiger partial charge in [-0.05, 0) is 48.5 Å². The first-order valence-electron chi connectivity index (χ1n) is 9.97. The van der Waals surface area contributed by atoms with Gasteiger partial charge in [0, 0.05) is 29.5 Å². The summed E-state index contributed by atoms with van der Waals surface area (Å²) in [6, 6.07) is 21.2. The largest absolute Gasteiger partial charge is 0.484 e. The van der Waals surface area contributed by atoms with Crippen LogP contribution in [0.5, 0.6) is 5.75 Å². The third kappa shape index (κ3) is 7.03. The van der Waals surface area contributed by atoms with Crippen molar-refractivity contribution in [1.82, 2.24) is 4.72 Å². The molecule has 0 aliphatic carbocycles. The minimum atomic E-state index is -3.66. The van der Waals surface area contributed by atoms with E-state index in [0.29, 0.717) is 17.1 Å². The summed E-state index contributed by atoms with van der Waals surface area (Å²) in [7, 11) is -3.66. The smallest absolute Gasteiger partial charge is 0.262 e. The molecule has 0 radical (unpaired) electrons. The summed E-state index contributed by atoms with van der Waals surface area (Å²) in [4.78, 5) is 24.6. The molecule has 170 valence electrons. The molecule has 0 aliphatic heterocycles. The van der Waals surface area contributed by atoms with Crippen molar-refractivity contribution >= 4 is 33.2 Å². The Labute approximate surface area is 192 Å². The van der Waals surface area contributed by atoms with Gasteiger partial charge < -0.3 is 15.4 Å². The lowest BCUT2D eigenvalue weighted by molar-refractivity contribution is -0.118. The number of anilines is 2. The first kappa shape index (κ1) is 23.7. The molecular weight excluding hydrogens is 442 g/mol. The monoisotopic (exact) mass is 465 g/mol. The first-order chi connectivity index (χ1) is 15.9. The zero-order chi connectivity index (χ0) is 23.7. The van der Waals surface area contributed by atoms with Crippen molar-refractivity contribution in [3.63, 3.8) is 0 Å². The maximum Gasteiger partial charge on any atom is 0.262 e. The van der Waals surface area contributed by atoms with Crippen molar-refractivity contribution in [3.05, 3.63) is 97.1 Å². The van der Waals surface area contributed by atoms with Crippen LogP contribution >= 0.6 is 0 Å². The predicted octanol–water partition coefficient (Wildman–Crippen LogP) is 3.42. The van der Waals surface area contributed by atoms with Gasteiger partial charge in [0.1, 0.15) is 5.75 Å². The molecule has 3 aromatic carbocycles. The van der Waals surface area contributed by atoms with Crippen LogP contribution in [0.25, 0.3) is 0 Å². The lowest BCUT2D eigenvalue weighted by Crippen LogP contribution is -2.23. The van der Waals surface area contributed by atoms with Gasteiger partial charge in [0.15, 0.2) is 6.61 Å². The molecule has 0 spiro atoms. The lowest BCUT2D eigenvalue weighted by Gasteiger charge is -2.10. The number of nitrogens with one attached hydrogen (secondary N) is 3. The highest BCUT2D eigenvalue weighted by molar-refractivity contribution is 7.89. The standard InChI is InChI=1S/C24H23N3O5S/c1-2-15-25-33(30,31)22-13-11-18(12-14-22)24(29)27-20-9-6-10-21(16-20)32-17-23(28)26-19-7-4-3-5-8-19/h2-14,16,25H,1,15,17H2,(H,26,28)(H,27,29). The number of rotatable bonds is 10. The highest BCUT2D eigenvalue weighted by Crippen LogP contribution is 2.19. The maximum absolute atomic E-state index is 12.5. The van der Waals surface area contributed by atoms with Gasteiger partial charge in [0.25, 0.3) is 11.8 Å². The van der Waals surface area contributed by atoms with Crippen molar-refractivity contribution in [1.29, 1.82) is 0 Å². The van der Waals surface area contributed by atoms with E-state index < -0.39 is 15.9 Å². The molecule has 3 N–H and O–H groups in total. The fourth-order valence-corrected chi connectivity index (χ4v) is 3.77. The van der Waals surface area contributed by atoms with Gasteiger partial charge in [-0.2, -0.15) is 0 Å². The average Bonchev–Trinajstić information content (AvgIpc) is 2.82. The zero-order valence-corrected chi connectivity index (χ0v) is 18.5. The molecule has 0 atom stereocenters. The first-order valence-corrected chi connectivity index (χ1v) is 11.5. The molecule has 0 bridgehead atoms. The van der Waals surface area contributed by atoms with E-state index in [-0.39, 0.29) is 29.5 Å². The number of carbonyl (C=O) groups is 2. The van der Waals surface area contributed by atoms with Gasteiger partial charge in [-0.3, -0.25) is 9.59 Å². The Hall–Kier alpha value is -3.95. The zero-order valence-electron chi connectivity index (χ0n) is 17.7. The molecule has 0 saturated heterocycles. The van der Waals surface area contributed by atoms with Crippen LogP contribution in [0, 0.1) is 0 Å². The molecule has 2 amide bonds. The second kappa shape index (κ2) is 11.1. The minimum absolute atomic E-state index is 0.0464. The second-order valence-electron chi connectivity index (χ2n) is 6.85. The van der Waals surface area contributed by atoms with Crippen LogP contribution in [0.4, 0.5) is 11.4 Å². The SMILES string of the molecule is C=CCNS(=O)(=O)c1ccc(C(=O)Nc2cccc(OCC(=O)Nc3ccccc3)c2)cc1. The van der Waals surface area contributed by atoms with Crippen LogP contribution in [0.2, 0.25) is 0 Å². The number of sulfonamides is 1. The van der Waals surface area contributed by atoms with Gasteiger partial charge in [0.05, 0.1) is 4.90 Å². The van der Waals surface area contributed by atoms with Crippen molar-refractivity contribution < 1.29 is 22.7 Å². The second-order valence-corrected chi connectivity index (χ2v) is 8.62. The van der Waals surface area contributed by atoms with E-state index in [0.717, 1.165) is 0 Å². The number of hydrogen-bond acceptors (Lipinski definition) is 5. The molecular formula is C24H23N3O5S. The maximum atomic E-state index is 12.5. The molecule has 9 heteroatoms. The van der Waals surface area contributed by atoms with Crippen LogP contribution in [-0.4, -0.2) is 33.4 Å². The van der Waals surface area contributed by atoms with E-state index >= 15 is 0 Å². The predicted molar refractivity (Wildman–Crippen MR) is 127 cm³/mol. The Morgan fingerprint density at radius 1 is 0.879 bits per heavy atom. The summed E-state index contributed by atoms with van der Waals surface area (Å²) in [5, 5.41) is 5.44. The van der Waals surface area contributed by atoms with E-state index in [9.17, 15) is 18.0 Å². The molecule has 0 aromatic heterocycles. The summed E-state index contributed by atoms with van der Waals surface area (Å²) < 4.78 is 32.1. The summed E-state index contributed by atoms with van der Waals surface area (Å²) in [6.45, 7) is 3.38. The third-order valence-electron chi connectivity index (χ3n) is 4.36. The Balaban J connectivity index is 1.57. The van der Waals surface area contributed by atoms with Crippen LogP contribution in [0.1, 0.15) is 10.4 Å². The number of benzene rings is 3. The third-order valence-corrected chi connectivity index (χ3v) is 5.80. The van der Waals surface area contributed by atoms with Crippen LogP contribution in [0.15, 0.2) is 96.4 Å². The molecule has 0 fully saturated rings. The average molecular weight is 466 g/mol. The molecule has 3 aromatic rings. The quantitative estimate of drug-likeness (QED) is 0.397. The fourth-order valence-electron chi connectivity index (χ4n) is 2.77. The van der Waals surface area contributed by atoms with Gasteiger partial charge in [-0.15, -0.1) is 6.58 Å². The summed E-state index contributed by atoms with van der Waals surface area (Å²) in [6.07, 6.45) is 1.44. The molecule has 33 heavy (non-hydrogen) atoms. The number of hydrogen-bond donors (Lipinski definition) is 3. The molecule has 0 aliphatic rings. The van der Waals surface area contributed by atoms with Crippen LogP contribution in [0.3, 0.4) is 0 Å². The Bertz CT molecular complexity index is 1230.